The highest BCUT2D eigenvalue weighted by Gasteiger charge is 2.22. The second-order valence-corrected chi connectivity index (χ2v) is 4.57. The van der Waals surface area contributed by atoms with Crippen molar-refractivity contribution in [2.45, 2.75) is 4.90 Å². The maximum Gasteiger partial charge on any atom is 0.323 e. The number of carbonyl (C=O) groups excluding carboxylic acids is 2. The summed E-state index contributed by atoms with van der Waals surface area (Å²) in [6.45, 7) is -0.988. The molecule has 1 aromatic rings. The molecule has 7 heteroatoms. The highest BCUT2D eigenvalue weighted by Crippen LogP contribution is 2.21. The molecule has 0 bridgehead atoms. The van der Waals surface area contributed by atoms with Gasteiger partial charge in [-0.15, -0.1) is 11.8 Å². The van der Waals surface area contributed by atoms with E-state index in [0.717, 1.165) is 4.90 Å². The second-order valence-electron chi connectivity index (χ2n) is 3.72. The molecule has 0 saturated heterocycles. The molecule has 0 fully saturated rings. The number of amides is 2. The number of carboxylic acids is 1. The van der Waals surface area contributed by atoms with Crippen molar-refractivity contribution < 1.29 is 19.5 Å². The van der Waals surface area contributed by atoms with Gasteiger partial charge in [0.15, 0.2) is 0 Å². The Morgan fingerprint density at radius 2 is 1.89 bits per heavy atom. The topological polar surface area (TPSA) is 101 Å². The molecule has 0 aliphatic carbocycles. The summed E-state index contributed by atoms with van der Waals surface area (Å²) >= 11 is 1.37. The van der Waals surface area contributed by atoms with E-state index in [9.17, 15) is 14.4 Å². The van der Waals surface area contributed by atoms with Crippen molar-refractivity contribution in [1.82, 2.24) is 4.90 Å². The van der Waals surface area contributed by atoms with Crippen LogP contribution in [0.4, 0.5) is 0 Å². The Kier molecular flexibility index (Phi) is 5.37. The maximum absolute atomic E-state index is 12.2. The summed E-state index contributed by atoms with van der Waals surface area (Å²) in [6.07, 6.45) is 1.81. The van der Waals surface area contributed by atoms with E-state index >= 15 is 0 Å². The summed E-state index contributed by atoms with van der Waals surface area (Å²) in [5.74, 6) is -2.47. The molecule has 6 nitrogen and oxygen atoms in total. The first-order valence-electron chi connectivity index (χ1n) is 5.38. The molecule has 2 amide bonds. The third-order valence-electron chi connectivity index (χ3n) is 2.30. The Morgan fingerprint density at radius 3 is 2.42 bits per heavy atom. The molecule has 102 valence electrons. The second kappa shape index (κ2) is 6.79. The van der Waals surface area contributed by atoms with E-state index in [4.69, 9.17) is 10.8 Å². The number of carboxylic acid groups (broad SMARTS) is 1. The summed E-state index contributed by atoms with van der Waals surface area (Å²) in [4.78, 5) is 35.5. The highest BCUT2D eigenvalue weighted by atomic mass is 32.2. The summed E-state index contributed by atoms with van der Waals surface area (Å²) in [5, 5.41) is 8.77. The van der Waals surface area contributed by atoms with Crippen LogP contribution in [0, 0.1) is 0 Å². The molecule has 0 aliphatic rings. The molecule has 1 rings (SSSR count). The number of nitrogens with two attached hydrogens (primary N) is 1. The van der Waals surface area contributed by atoms with Crippen LogP contribution in [0.3, 0.4) is 0 Å². The van der Waals surface area contributed by atoms with Crippen molar-refractivity contribution in [3.8, 4) is 0 Å². The molecular formula is C12H14N2O4S. The number of rotatable bonds is 6. The van der Waals surface area contributed by atoms with Crippen LogP contribution in [0.25, 0.3) is 0 Å². The fourth-order valence-corrected chi connectivity index (χ4v) is 2.13. The van der Waals surface area contributed by atoms with Gasteiger partial charge < -0.3 is 15.7 Å². The van der Waals surface area contributed by atoms with E-state index in [2.05, 4.69) is 0 Å². The van der Waals surface area contributed by atoms with Crippen molar-refractivity contribution in [3.63, 3.8) is 0 Å². The first-order valence-corrected chi connectivity index (χ1v) is 6.60. The highest BCUT2D eigenvalue weighted by molar-refractivity contribution is 7.98. The summed E-state index contributed by atoms with van der Waals surface area (Å²) in [5.41, 5.74) is 5.38. The van der Waals surface area contributed by atoms with Gasteiger partial charge in [0.1, 0.15) is 13.1 Å². The third-order valence-corrected chi connectivity index (χ3v) is 3.09. The van der Waals surface area contributed by atoms with Crippen LogP contribution in [0.15, 0.2) is 29.2 Å². The Labute approximate surface area is 114 Å². The molecule has 0 saturated carbocycles. The number of aliphatic carboxylic acids is 1. The fraction of sp³-hybridized carbons (Fsp3) is 0.250. The summed E-state index contributed by atoms with van der Waals surface area (Å²) in [7, 11) is 0. The van der Waals surface area contributed by atoms with Gasteiger partial charge in [-0.05, 0) is 18.4 Å². The molecule has 0 aliphatic heterocycles. The smallest absolute Gasteiger partial charge is 0.323 e. The molecule has 3 N–H and O–H groups in total. The van der Waals surface area contributed by atoms with Crippen molar-refractivity contribution >= 4 is 29.5 Å². The maximum atomic E-state index is 12.2. The van der Waals surface area contributed by atoms with E-state index in [1.54, 1.807) is 24.3 Å². The third kappa shape index (κ3) is 4.29. The molecule has 0 radical (unpaired) electrons. The minimum atomic E-state index is -1.20. The van der Waals surface area contributed by atoms with Gasteiger partial charge in [0.05, 0.1) is 5.56 Å². The van der Waals surface area contributed by atoms with Crippen LogP contribution in [0.1, 0.15) is 10.4 Å². The van der Waals surface area contributed by atoms with Gasteiger partial charge in [-0.3, -0.25) is 14.4 Å². The number of carbonyl (C=O) groups is 3. The van der Waals surface area contributed by atoms with Gasteiger partial charge in [-0.2, -0.15) is 0 Å². The largest absolute Gasteiger partial charge is 0.480 e. The van der Waals surface area contributed by atoms with Crippen LogP contribution in [0.2, 0.25) is 0 Å². The molecular weight excluding hydrogens is 268 g/mol. The number of hydrogen-bond acceptors (Lipinski definition) is 4. The number of thioether (sulfide) groups is 1. The van der Waals surface area contributed by atoms with Crippen LogP contribution in [0.5, 0.6) is 0 Å². The molecule has 0 unspecified atom stereocenters. The van der Waals surface area contributed by atoms with Gasteiger partial charge in [-0.1, -0.05) is 12.1 Å². The minimum absolute atomic E-state index is 0.359. The average molecular weight is 282 g/mol. The quantitative estimate of drug-likeness (QED) is 0.736. The average Bonchev–Trinajstić information content (AvgIpc) is 2.36. The van der Waals surface area contributed by atoms with Crippen molar-refractivity contribution in [2.24, 2.45) is 5.73 Å². The standard InChI is InChI=1S/C12H14N2O4S/c1-19-9-5-3-2-4-8(9)12(18)14(6-10(13)15)7-11(16)17/h2-5H,6-7H2,1H3,(H2,13,15)(H,16,17). The molecule has 0 heterocycles. The number of hydrogen-bond donors (Lipinski definition) is 2. The number of nitrogens with zero attached hydrogens (tertiary/aromatic N) is 1. The molecule has 1 aromatic carbocycles. The lowest BCUT2D eigenvalue weighted by Gasteiger charge is -2.20. The lowest BCUT2D eigenvalue weighted by molar-refractivity contribution is -0.138. The predicted molar refractivity (Wildman–Crippen MR) is 71.0 cm³/mol. The zero-order valence-electron chi connectivity index (χ0n) is 10.3. The molecule has 0 aromatic heterocycles. The van der Waals surface area contributed by atoms with Crippen LogP contribution >= 0.6 is 11.8 Å². The molecule has 19 heavy (non-hydrogen) atoms. The monoisotopic (exact) mass is 282 g/mol. The zero-order chi connectivity index (χ0) is 14.4. The van der Waals surface area contributed by atoms with E-state index < -0.39 is 30.9 Å². The van der Waals surface area contributed by atoms with Gasteiger partial charge in [0.2, 0.25) is 5.91 Å². The van der Waals surface area contributed by atoms with E-state index in [0.29, 0.717) is 10.5 Å². The van der Waals surface area contributed by atoms with E-state index in [-0.39, 0.29) is 0 Å². The fourth-order valence-electron chi connectivity index (χ4n) is 1.54. The van der Waals surface area contributed by atoms with Gasteiger partial charge >= 0.3 is 5.97 Å². The summed E-state index contributed by atoms with van der Waals surface area (Å²) in [6, 6.07) is 6.79. The van der Waals surface area contributed by atoms with E-state index in [1.165, 1.54) is 11.8 Å². The normalized spacial score (nSPS) is 9.95. The van der Waals surface area contributed by atoms with Crippen molar-refractivity contribution in [2.75, 3.05) is 19.3 Å². The first-order chi connectivity index (χ1) is 8.95. The van der Waals surface area contributed by atoms with Crippen molar-refractivity contribution in [3.05, 3.63) is 29.8 Å². The van der Waals surface area contributed by atoms with Crippen LogP contribution in [-0.4, -0.2) is 47.1 Å². The zero-order valence-corrected chi connectivity index (χ0v) is 11.1. The van der Waals surface area contributed by atoms with Crippen LogP contribution < -0.4 is 5.73 Å². The Hall–Kier alpha value is -2.02. The first kappa shape index (κ1) is 15.0. The number of benzene rings is 1. The lowest BCUT2D eigenvalue weighted by Crippen LogP contribution is -2.41. The van der Waals surface area contributed by atoms with Crippen LogP contribution in [-0.2, 0) is 9.59 Å². The Morgan fingerprint density at radius 1 is 1.26 bits per heavy atom. The molecule has 0 atom stereocenters. The number of primary amides is 1. The van der Waals surface area contributed by atoms with Crippen molar-refractivity contribution in [1.29, 1.82) is 0 Å². The minimum Gasteiger partial charge on any atom is -0.480 e. The van der Waals surface area contributed by atoms with Gasteiger partial charge in [0, 0.05) is 4.90 Å². The van der Waals surface area contributed by atoms with E-state index in [1.807, 2.05) is 6.26 Å². The van der Waals surface area contributed by atoms with Gasteiger partial charge in [-0.25, -0.2) is 0 Å². The predicted octanol–water partition coefficient (Wildman–Crippen LogP) is 0.421. The molecule has 0 spiro atoms. The Bertz CT molecular complexity index is 488. The summed E-state index contributed by atoms with van der Waals surface area (Å²) < 4.78 is 0. The SMILES string of the molecule is CSc1ccccc1C(=O)N(CC(N)=O)CC(=O)O. The van der Waals surface area contributed by atoms with Gasteiger partial charge in [0.25, 0.3) is 5.91 Å². The lowest BCUT2D eigenvalue weighted by atomic mass is 10.2. The Balaban J connectivity index is 3.04.